The average Bonchev–Trinajstić information content (AvgIpc) is 2.70. The van der Waals surface area contributed by atoms with Crippen LogP contribution in [0.1, 0.15) is 42.9 Å². The smallest absolute Gasteiger partial charge is 0.267 e. The number of benzene rings is 1. The van der Waals surface area contributed by atoms with Crippen molar-refractivity contribution in [3.05, 3.63) is 57.4 Å². The van der Waals surface area contributed by atoms with Gasteiger partial charge in [0.15, 0.2) is 5.78 Å². The first-order valence-corrected chi connectivity index (χ1v) is 10.4. The second kappa shape index (κ2) is 8.31. The minimum Gasteiger partial charge on any atom is -0.355 e. The SMILES string of the molecule is CC1CCN(c2ccc(=O)n(CC(=O)Cc3ccc4c(c3)CC(=O)CC4)n2)CC1. The van der Waals surface area contributed by atoms with Crippen LogP contribution >= 0.6 is 0 Å². The zero-order valence-corrected chi connectivity index (χ0v) is 16.9. The number of hydrogen-bond donors (Lipinski definition) is 0. The molecule has 1 saturated heterocycles. The molecule has 1 fully saturated rings. The summed E-state index contributed by atoms with van der Waals surface area (Å²) < 4.78 is 1.28. The number of nitrogens with zero attached hydrogens (tertiary/aromatic N) is 3. The molecule has 1 aliphatic carbocycles. The number of aryl methyl sites for hydroxylation is 1. The average molecular weight is 393 g/mol. The van der Waals surface area contributed by atoms with Gasteiger partial charge in [-0.25, -0.2) is 4.68 Å². The van der Waals surface area contributed by atoms with E-state index in [0.717, 1.165) is 49.3 Å². The van der Waals surface area contributed by atoms with E-state index in [4.69, 9.17) is 0 Å². The van der Waals surface area contributed by atoms with Crippen molar-refractivity contribution in [1.29, 1.82) is 0 Å². The predicted molar refractivity (Wildman–Crippen MR) is 111 cm³/mol. The molecule has 0 spiro atoms. The normalized spacial score (nSPS) is 17.3. The Morgan fingerprint density at radius 3 is 2.66 bits per heavy atom. The summed E-state index contributed by atoms with van der Waals surface area (Å²) in [4.78, 5) is 38.7. The fourth-order valence-electron chi connectivity index (χ4n) is 4.18. The summed E-state index contributed by atoms with van der Waals surface area (Å²) in [6.07, 6.45) is 4.30. The van der Waals surface area contributed by atoms with E-state index in [1.165, 1.54) is 16.3 Å². The van der Waals surface area contributed by atoms with Crippen molar-refractivity contribution < 1.29 is 9.59 Å². The molecule has 0 N–H and O–H groups in total. The van der Waals surface area contributed by atoms with Gasteiger partial charge >= 0.3 is 0 Å². The molecule has 6 nitrogen and oxygen atoms in total. The first-order chi connectivity index (χ1) is 14.0. The number of ketones is 2. The van der Waals surface area contributed by atoms with Gasteiger partial charge in [0.05, 0.1) is 0 Å². The molecule has 2 aromatic rings. The van der Waals surface area contributed by atoms with Crippen LogP contribution in [0.4, 0.5) is 5.82 Å². The Morgan fingerprint density at radius 2 is 1.86 bits per heavy atom. The molecular formula is C23H27N3O3. The van der Waals surface area contributed by atoms with Gasteiger partial charge in [0.2, 0.25) is 0 Å². The Labute approximate surface area is 170 Å². The lowest BCUT2D eigenvalue weighted by molar-refractivity contribution is -0.119. The van der Waals surface area contributed by atoms with Crippen molar-refractivity contribution in [2.75, 3.05) is 18.0 Å². The van der Waals surface area contributed by atoms with Crippen molar-refractivity contribution in [2.45, 2.75) is 52.0 Å². The Morgan fingerprint density at radius 1 is 1.07 bits per heavy atom. The van der Waals surface area contributed by atoms with Gasteiger partial charge in [-0.05, 0) is 47.9 Å². The molecule has 1 aromatic carbocycles. The molecule has 0 unspecified atom stereocenters. The Kier molecular flexibility index (Phi) is 5.60. The molecule has 0 bridgehead atoms. The van der Waals surface area contributed by atoms with Crippen molar-refractivity contribution in [1.82, 2.24) is 9.78 Å². The Bertz CT molecular complexity index is 987. The molecule has 1 aromatic heterocycles. The van der Waals surface area contributed by atoms with E-state index in [2.05, 4.69) is 16.9 Å². The van der Waals surface area contributed by atoms with Crippen LogP contribution in [0.2, 0.25) is 0 Å². The summed E-state index contributed by atoms with van der Waals surface area (Å²) in [5, 5.41) is 4.45. The summed E-state index contributed by atoms with van der Waals surface area (Å²) in [5.74, 6) is 1.66. The van der Waals surface area contributed by atoms with Crippen LogP contribution in [0.15, 0.2) is 35.1 Å². The number of piperidine rings is 1. The fraction of sp³-hybridized carbons (Fsp3) is 0.478. The lowest BCUT2D eigenvalue weighted by Gasteiger charge is -2.31. The van der Waals surface area contributed by atoms with Gasteiger partial charge in [0, 0.05) is 38.4 Å². The van der Waals surface area contributed by atoms with E-state index in [0.29, 0.717) is 18.8 Å². The third-order valence-electron chi connectivity index (χ3n) is 6.02. The minimum atomic E-state index is -0.261. The number of fused-ring (bicyclic) bond motifs is 1. The van der Waals surface area contributed by atoms with Gasteiger partial charge in [0.1, 0.15) is 18.1 Å². The van der Waals surface area contributed by atoms with Gasteiger partial charge in [-0.2, -0.15) is 5.10 Å². The largest absolute Gasteiger partial charge is 0.355 e. The highest BCUT2D eigenvalue weighted by Gasteiger charge is 2.19. The maximum absolute atomic E-state index is 12.6. The van der Waals surface area contributed by atoms with E-state index in [1.807, 2.05) is 18.2 Å². The number of carbonyl (C=O) groups is 2. The number of aromatic nitrogens is 2. The monoisotopic (exact) mass is 393 g/mol. The first kappa shape index (κ1) is 19.6. The fourth-order valence-corrected chi connectivity index (χ4v) is 4.18. The number of hydrogen-bond acceptors (Lipinski definition) is 5. The van der Waals surface area contributed by atoms with Crippen LogP contribution in [0.3, 0.4) is 0 Å². The lowest BCUT2D eigenvalue weighted by atomic mass is 9.89. The first-order valence-electron chi connectivity index (χ1n) is 10.4. The molecular weight excluding hydrogens is 366 g/mol. The van der Waals surface area contributed by atoms with Crippen molar-refractivity contribution >= 4 is 17.4 Å². The van der Waals surface area contributed by atoms with Crippen LogP contribution in [0.5, 0.6) is 0 Å². The minimum absolute atomic E-state index is 0.0348. The summed E-state index contributed by atoms with van der Waals surface area (Å²) >= 11 is 0. The standard InChI is InChI=1S/C23H27N3O3/c1-16-8-10-25(11-9-16)22-6-7-23(29)26(24-22)15-21(28)13-17-2-3-18-4-5-20(27)14-19(18)12-17/h2-3,6-7,12,16H,4-5,8-11,13-15H2,1H3. The van der Waals surface area contributed by atoms with Gasteiger partial charge < -0.3 is 4.90 Å². The van der Waals surface area contributed by atoms with Gasteiger partial charge in [0.25, 0.3) is 5.56 Å². The number of Topliss-reactive ketones (excluding diaryl/α,β-unsaturated/α-hetero) is 2. The third-order valence-corrected chi connectivity index (χ3v) is 6.02. The highest BCUT2D eigenvalue weighted by Crippen LogP contribution is 2.22. The topological polar surface area (TPSA) is 72.3 Å². The molecule has 6 heteroatoms. The van der Waals surface area contributed by atoms with Crippen molar-refractivity contribution in [2.24, 2.45) is 5.92 Å². The Hall–Kier alpha value is -2.76. The van der Waals surface area contributed by atoms with Crippen LogP contribution in [-0.2, 0) is 35.4 Å². The second-order valence-electron chi connectivity index (χ2n) is 8.39. The molecule has 4 rings (SSSR count). The lowest BCUT2D eigenvalue weighted by Crippen LogP contribution is -2.36. The van der Waals surface area contributed by atoms with Crippen LogP contribution in [0.25, 0.3) is 0 Å². The predicted octanol–water partition coefficient (Wildman–Crippen LogP) is 2.35. The second-order valence-corrected chi connectivity index (χ2v) is 8.39. The third kappa shape index (κ3) is 4.63. The molecule has 0 atom stereocenters. The summed E-state index contributed by atoms with van der Waals surface area (Å²) in [6.45, 7) is 4.07. The van der Waals surface area contributed by atoms with Gasteiger partial charge in [-0.1, -0.05) is 25.1 Å². The molecule has 29 heavy (non-hydrogen) atoms. The highest BCUT2D eigenvalue weighted by molar-refractivity contribution is 5.84. The van der Waals surface area contributed by atoms with Gasteiger partial charge in [-0.15, -0.1) is 0 Å². The van der Waals surface area contributed by atoms with E-state index >= 15 is 0 Å². The quantitative estimate of drug-likeness (QED) is 0.780. The highest BCUT2D eigenvalue weighted by atomic mass is 16.1. The summed E-state index contributed by atoms with van der Waals surface area (Å²) in [5.41, 5.74) is 2.85. The molecule has 1 aliphatic heterocycles. The maximum Gasteiger partial charge on any atom is 0.267 e. The zero-order valence-electron chi connectivity index (χ0n) is 16.9. The number of rotatable bonds is 5. The van der Waals surface area contributed by atoms with E-state index in [-0.39, 0.29) is 30.1 Å². The van der Waals surface area contributed by atoms with Crippen LogP contribution in [-0.4, -0.2) is 34.4 Å². The molecule has 0 radical (unpaired) electrons. The zero-order chi connectivity index (χ0) is 20.4. The maximum atomic E-state index is 12.6. The van der Waals surface area contributed by atoms with E-state index in [1.54, 1.807) is 6.07 Å². The van der Waals surface area contributed by atoms with Gasteiger partial charge in [-0.3, -0.25) is 14.4 Å². The number of carbonyl (C=O) groups excluding carboxylic acids is 2. The molecule has 0 saturated carbocycles. The molecule has 0 amide bonds. The summed E-state index contributed by atoms with van der Waals surface area (Å²) in [6, 6.07) is 9.19. The molecule has 152 valence electrons. The van der Waals surface area contributed by atoms with Crippen molar-refractivity contribution in [3.63, 3.8) is 0 Å². The van der Waals surface area contributed by atoms with E-state index in [9.17, 15) is 14.4 Å². The molecule has 2 aliphatic rings. The van der Waals surface area contributed by atoms with Crippen LogP contribution < -0.4 is 10.5 Å². The Balaban J connectivity index is 1.44. The van der Waals surface area contributed by atoms with Crippen LogP contribution in [0, 0.1) is 5.92 Å². The summed E-state index contributed by atoms with van der Waals surface area (Å²) in [7, 11) is 0. The van der Waals surface area contributed by atoms with E-state index < -0.39 is 0 Å². The molecule has 2 heterocycles. The van der Waals surface area contributed by atoms with Crippen molar-refractivity contribution in [3.8, 4) is 0 Å². The number of anilines is 1.